The molecule has 1 aromatic heterocycles. The van der Waals surface area contributed by atoms with Crippen LogP contribution in [0.25, 0.3) is 0 Å². The highest BCUT2D eigenvalue weighted by Gasteiger charge is 2.32. The molecule has 4 nitrogen and oxygen atoms in total. The van der Waals surface area contributed by atoms with Gasteiger partial charge in [0.15, 0.2) is 0 Å². The van der Waals surface area contributed by atoms with Gasteiger partial charge in [-0.25, -0.2) is 0 Å². The van der Waals surface area contributed by atoms with Crippen molar-refractivity contribution in [2.45, 2.75) is 31.7 Å². The number of nitrogens with one attached hydrogen (secondary N) is 2. The van der Waals surface area contributed by atoms with Gasteiger partial charge < -0.3 is 16.0 Å². The molecular weight excluding hydrogens is 190 g/mol. The average molecular weight is 207 g/mol. The van der Waals surface area contributed by atoms with Crippen LogP contribution in [0, 0.1) is 6.92 Å². The molecule has 0 atom stereocenters. The van der Waals surface area contributed by atoms with Crippen LogP contribution in [0.3, 0.4) is 0 Å². The minimum Gasteiger partial charge on any atom is -0.365 e. The number of amides is 1. The molecule has 2 rings (SSSR count). The summed E-state index contributed by atoms with van der Waals surface area (Å²) in [6.45, 7) is 2.47. The lowest BCUT2D eigenvalue weighted by Crippen LogP contribution is -2.54. The molecule has 4 N–H and O–H groups in total. The molecule has 1 aliphatic carbocycles. The van der Waals surface area contributed by atoms with Crippen LogP contribution in [0.2, 0.25) is 0 Å². The number of hydrogen-bond acceptors (Lipinski definition) is 2. The third-order valence-electron chi connectivity index (χ3n) is 3.15. The van der Waals surface area contributed by atoms with E-state index in [0.717, 1.165) is 18.5 Å². The second-order valence-electron chi connectivity index (χ2n) is 4.41. The van der Waals surface area contributed by atoms with E-state index in [2.05, 4.69) is 10.3 Å². The zero-order chi connectivity index (χ0) is 10.9. The van der Waals surface area contributed by atoms with Crippen LogP contribution in [0.15, 0.2) is 12.3 Å². The van der Waals surface area contributed by atoms with Gasteiger partial charge in [0.1, 0.15) is 0 Å². The van der Waals surface area contributed by atoms with Gasteiger partial charge in [0.05, 0.1) is 5.56 Å². The number of aryl methyl sites for hydroxylation is 1. The normalized spacial score (nSPS) is 18.3. The summed E-state index contributed by atoms with van der Waals surface area (Å²) < 4.78 is 0. The van der Waals surface area contributed by atoms with E-state index in [1.54, 1.807) is 12.3 Å². The van der Waals surface area contributed by atoms with Gasteiger partial charge >= 0.3 is 0 Å². The largest absolute Gasteiger partial charge is 0.365 e. The Labute approximate surface area is 89.2 Å². The third kappa shape index (κ3) is 2.04. The molecule has 1 aromatic rings. The Kier molecular flexibility index (Phi) is 2.52. The summed E-state index contributed by atoms with van der Waals surface area (Å²) in [6.07, 6.45) is 4.97. The topological polar surface area (TPSA) is 70.9 Å². The molecule has 82 valence electrons. The summed E-state index contributed by atoms with van der Waals surface area (Å²) >= 11 is 0. The van der Waals surface area contributed by atoms with Crippen LogP contribution in [0.5, 0.6) is 0 Å². The van der Waals surface area contributed by atoms with Gasteiger partial charge in [-0.05, 0) is 32.3 Å². The fourth-order valence-corrected chi connectivity index (χ4v) is 1.86. The Morgan fingerprint density at radius 3 is 2.87 bits per heavy atom. The Morgan fingerprint density at radius 2 is 2.40 bits per heavy atom. The fourth-order valence-electron chi connectivity index (χ4n) is 1.86. The van der Waals surface area contributed by atoms with Crippen LogP contribution in [-0.4, -0.2) is 23.0 Å². The Bertz CT molecular complexity index is 366. The summed E-state index contributed by atoms with van der Waals surface area (Å²) in [5.74, 6) is -0.0366. The van der Waals surface area contributed by atoms with Crippen LogP contribution in [0.1, 0.15) is 35.3 Å². The standard InChI is InChI=1S/C11H17N3O/c1-8-9(3-6-13-8)10(15)14-7-11(12)4-2-5-11/h3,6,13H,2,4-5,7,12H2,1H3,(H,14,15). The van der Waals surface area contributed by atoms with E-state index in [0.29, 0.717) is 12.1 Å². The third-order valence-corrected chi connectivity index (χ3v) is 3.15. The molecule has 0 saturated heterocycles. The van der Waals surface area contributed by atoms with Crippen molar-refractivity contribution >= 4 is 5.91 Å². The van der Waals surface area contributed by atoms with Crippen molar-refractivity contribution in [1.82, 2.24) is 10.3 Å². The van der Waals surface area contributed by atoms with Crippen molar-refractivity contribution in [2.75, 3.05) is 6.54 Å². The van der Waals surface area contributed by atoms with E-state index in [9.17, 15) is 4.79 Å². The molecule has 0 aromatic carbocycles. The maximum Gasteiger partial charge on any atom is 0.253 e. The van der Waals surface area contributed by atoms with Crippen molar-refractivity contribution in [1.29, 1.82) is 0 Å². The predicted octanol–water partition coefficient (Wildman–Crippen LogP) is 0.934. The SMILES string of the molecule is Cc1[nH]ccc1C(=O)NCC1(N)CCC1. The highest BCUT2D eigenvalue weighted by Crippen LogP contribution is 2.28. The molecule has 1 heterocycles. The van der Waals surface area contributed by atoms with Gasteiger partial charge in [0, 0.05) is 24.0 Å². The van der Waals surface area contributed by atoms with Crippen LogP contribution in [0.4, 0.5) is 0 Å². The van der Waals surface area contributed by atoms with Crippen molar-refractivity contribution in [3.63, 3.8) is 0 Å². The van der Waals surface area contributed by atoms with Crippen molar-refractivity contribution in [3.05, 3.63) is 23.5 Å². The molecule has 1 amide bonds. The number of aromatic nitrogens is 1. The molecular formula is C11H17N3O. The number of hydrogen-bond donors (Lipinski definition) is 3. The molecule has 1 aliphatic rings. The number of carbonyl (C=O) groups excluding carboxylic acids is 1. The zero-order valence-corrected chi connectivity index (χ0v) is 8.97. The molecule has 4 heteroatoms. The maximum atomic E-state index is 11.7. The average Bonchev–Trinajstić information content (AvgIpc) is 2.58. The lowest BCUT2D eigenvalue weighted by Gasteiger charge is -2.38. The zero-order valence-electron chi connectivity index (χ0n) is 8.97. The molecule has 0 radical (unpaired) electrons. The number of rotatable bonds is 3. The molecule has 0 aliphatic heterocycles. The van der Waals surface area contributed by atoms with Crippen molar-refractivity contribution in [2.24, 2.45) is 5.73 Å². The number of H-pyrrole nitrogens is 1. The van der Waals surface area contributed by atoms with E-state index in [4.69, 9.17) is 5.73 Å². The highest BCUT2D eigenvalue weighted by atomic mass is 16.1. The first-order valence-electron chi connectivity index (χ1n) is 5.32. The number of carbonyl (C=O) groups is 1. The monoisotopic (exact) mass is 207 g/mol. The first-order chi connectivity index (χ1) is 7.11. The Hall–Kier alpha value is -1.29. The van der Waals surface area contributed by atoms with Gasteiger partial charge in [0.25, 0.3) is 5.91 Å². The van der Waals surface area contributed by atoms with Gasteiger partial charge in [0.2, 0.25) is 0 Å². The second kappa shape index (κ2) is 3.70. The molecule has 0 bridgehead atoms. The fraction of sp³-hybridized carbons (Fsp3) is 0.545. The summed E-state index contributed by atoms with van der Waals surface area (Å²) in [5.41, 5.74) is 7.47. The van der Waals surface area contributed by atoms with Crippen molar-refractivity contribution in [3.8, 4) is 0 Å². The molecule has 0 spiro atoms. The van der Waals surface area contributed by atoms with E-state index in [1.807, 2.05) is 6.92 Å². The first kappa shape index (κ1) is 10.2. The Balaban J connectivity index is 1.90. The summed E-state index contributed by atoms with van der Waals surface area (Å²) in [6, 6.07) is 1.79. The van der Waals surface area contributed by atoms with Crippen LogP contribution >= 0.6 is 0 Å². The maximum absolute atomic E-state index is 11.7. The van der Waals surface area contributed by atoms with Gasteiger partial charge in [-0.3, -0.25) is 4.79 Å². The van der Waals surface area contributed by atoms with E-state index in [-0.39, 0.29) is 11.4 Å². The van der Waals surface area contributed by atoms with Gasteiger partial charge in [-0.1, -0.05) is 0 Å². The van der Waals surface area contributed by atoms with Gasteiger partial charge in [-0.2, -0.15) is 0 Å². The minimum atomic E-state index is -0.153. The number of nitrogens with two attached hydrogens (primary N) is 1. The minimum absolute atomic E-state index is 0.0366. The summed E-state index contributed by atoms with van der Waals surface area (Å²) in [7, 11) is 0. The van der Waals surface area contributed by atoms with Gasteiger partial charge in [-0.15, -0.1) is 0 Å². The van der Waals surface area contributed by atoms with E-state index < -0.39 is 0 Å². The van der Waals surface area contributed by atoms with E-state index in [1.165, 1.54) is 6.42 Å². The molecule has 1 fully saturated rings. The molecule has 1 saturated carbocycles. The quantitative estimate of drug-likeness (QED) is 0.690. The lowest BCUT2D eigenvalue weighted by molar-refractivity contribution is 0.0929. The molecule has 0 unspecified atom stereocenters. The van der Waals surface area contributed by atoms with Crippen molar-refractivity contribution < 1.29 is 4.79 Å². The van der Waals surface area contributed by atoms with Crippen LogP contribution < -0.4 is 11.1 Å². The Morgan fingerprint density at radius 1 is 1.67 bits per heavy atom. The predicted molar refractivity (Wildman–Crippen MR) is 58.6 cm³/mol. The lowest BCUT2D eigenvalue weighted by atomic mass is 9.78. The summed E-state index contributed by atoms with van der Waals surface area (Å²) in [5, 5.41) is 2.88. The molecule has 15 heavy (non-hydrogen) atoms. The summed E-state index contributed by atoms with van der Waals surface area (Å²) in [4.78, 5) is 14.7. The smallest absolute Gasteiger partial charge is 0.253 e. The first-order valence-corrected chi connectivity index (χ1v) is 5.32. The highest BCUT2D eigenvalue weighted by molar-refractivity contribution is 5.95. The number of aromatic amines is 1. The van der Waals surface area contributed by atoms with E-state index >= 15 is 0 Å². The van der Waals surface area contributed by atoms with Crippen LogP contribution in [-0.2, 0) is 0 Å². The second-order valence-corrected chi connectivity index (χ2v) is 4.41.